The van der Waals surface area contributed by atoms with E-state index in [0.29, 0.717) is 23.0 Å². The lowest BCUT2D eigenvalue weighted by atomic mass is 10.2. The summed E-state index contributed by atoms with van der Waals surface area (Å²) < 4.78 is 21.2. The molecule has 0 spiro atoms. The number of hydrogen-bond acceptors (Lipinski definition) is 6. The number of benzene rings is 1. The summed E-state index contributed by atoms with van der Waals surface area (Å²) >= 11 is 0. The highest BCUT2D eigenvalue weighted by Crippen LogP contribution is 2.35. The summed E-state index contributed by atoms with van der Waals surface area (Å²) in [7, 11) is 3.09. The topological polar surface area (TPSA) is 66.9 Å². The summed E-state index contributed by atoms with van der Waals surface area (Å²) in [5.74, 6) is 1.40. The number of nitrogens with zero attached hydrogens (tertiary/aromatic N) is 1. The molecule has 0 aliphatic carbocycles. The molecule has 6 heteroatoms. The van der Waals surface area contributed by atoms with Crippen molar-refractivity contribution in [1.29, 1.82) is 0 Å². The Morgan fingerprint density at radius 3 is 2.59 bits per heavy atom. The predicted molar refractivity (Wildman–Crippen MR) is 79.8 cm³/mol. The summed E-state index contributed by atoms with van der Waals surface area (Å²) in [6.45, 7) is 2.01. The fourth-order valence-corrected chi connectivity index (χ4v) is 1.82. The van der Waals surface area contributed by atoms with E-state index < -0.39 is 5.97 Å². The van der Waals surface area contributed by atoms with Crippen molar-refractivity contribution < 1.29 is 23.7 Å². The van der Waals surface area contributed by atoms with Gasteiger partial charge < -0.3 is 18.9 Å². The Morgan fingerprint density at radius 2 is 1.91 bits per heavy atom. The molecule has 0 radical (unpaired) electrons. The minimum Gasteiger partial charge on any atom is -0.497 e. The van der Waals surface area contributed by atoms with E-state index in [-0.39, 0.29) is 12.2 Å². The van der Waals surface area contributed by atoms with Gasteiger partial charge in [-0.2, -0.15) is 0 Å². The van der Waals surface area contributed by atoms with Crippen LogP contribution in [0.3, 0.4) is 0 Å². The molecule has 0 amide bonds. The Bertz CT molecular complexity index is 657. The van der Waals surface area contributed by atoms with Crippen LogP contribution < -0.4 is 14.2 Å². The maximum absolute atomic E-state index is 11.9. The number of methoxy groups -OCH3 is 2. The number of pyridine rings is 1. The second kappa shape index (κ2) is 7.31. The summed E-state index contributed by atoms with van der Waals surface area (Å²) in [5.41, 5.74) is 0.245. The zero-order chi connectivity index (χ0) is 15.9. The van der Waals surface area contributed by atoms with Gasteiger partial charge in [0.15, 0.2) is 11.5 Å². The van der Waals surface area contributed by atoms with E-state index >= 15 is 0 Å². The average molecular weight is 303 g/mol. The number of ether oxygens (including phenoxy) is 4. The van der Waals surface area contributed by atoms with Crippen LogP contribution in [0.15, 0.2) is 36.7 Å². The Kier molecular flexibility index (Phi) is 5.19. The van der Waals surface area contributed by atoms with Gasteiger partial charge in [0.05, 0.1) is 20.8 Å². The van der Waals surface area contributed by atoms with Crippen LogP contribution in [-0.2, 0) is 4.74 Å². The second-order valence-electron chi connectivity index (χ2n) is 4.21. The molecule has 0 saturated heterocycles. The van der Waals surface area contributed by atoms with E-state index in [9.17, 15) is 4.79 Å². The third kappa shape index (κ3) is 3.46. The molecule has 116 valence electrons. The molecule has 0 N–H and O–H groups in total. The zero-order valence-electron chi connectivity index (χ0n) is 12.7. The molecule has 0 atom stereocenters. The minimum atomic E-state index is -0.493. The molecular weight excluding hydrogens is 286 g/mol. The Hall–Kier alpha value is -2.76. The molecule has 1 aromatic heterocycles. The summed E-state index contributed by atoms with van der Waals surface area (Å²) in [6.07, 6.45) is 2.94. The summed E-state index contributed by atoms with van der Waals surface area (Å²) in [6, 6.07) is 6.74. The number of hydrogen-bond donors (Lipinski definition) is 0. The molecule has 2 aromatic rings. The van der Waals surface area contributed by atoms with Gasteiger partial charge in [0, 0.05) is 24.5 Å². The predicted octanol–water partition coefficient (Wildman–Crippen LogP) is 3.07. The standard InChI is InChI=1S/C16H17NO5/c1-4-21-16(18)12-10-17-8-7-13(12)22-15-9-11(19-2)5-6-14(15)20-3/h5-10H,4H2,1-3H3. The normalized spacial score (nSPS) is 9.95. The van der Waals surface area contributed by atoms with Crippen molar-refractivity contribution in [2.75, 3.05) is 20.8 Å². The molecule has 0 unspecified atom stereocenters. The van der Waals surface area contributed by atoms with Gasteiger partial charge in [-0.15, -0.1) is 0 Å². The van der Waals surface area contributed by atoms with Gasteiger partial charge in [0.25, 0.3) is 0 Å². The minimum absolute atomic E-state index is 0.245. The maximum atomic E-state index is 11.9. The molecule has 1 aromatic carbocycles. The molecule has 22 heavy (non-hydrogen) atoms. The van der Waals surface area contributed by atoms with E-state index in [2.05, 4.69) is 4.98 Å². The molecule has 0 aliphatic rings. The Balaban J connectivity index is 2.37. The molecule has 0 saturated carbocycles. The van der Waals surface area contributed by atoms with Crippen LogP contribution in [0.25, 0.3) is 0 Å². The number of carbonyl (C=O) groups is 1. The third-order valence-electron chi connectivity index (χ3n) is 2.87. The van der Waals surface area contributed by atoms with Crippen molar-refractivity contribution in [2.45, 2.75) is 6.92 Å². The van der Waals surface area contributed by atoms with Crippen LogP contribution in [0, 0.1) is 0 Å². The van der Waals surface area contributed by atoms with E-state index in [1.165, 1.54) is 19.5 Å². The molecule has 0 aliphatic heterocycles. The summed E-state index contributed by atoms with van der Waals surface area (Å²) in [5, 5.41) is 0. The fraction of sp³-hybridized carbons (Fsp3) is 0.250. The lowest BCUT2D eigenvalue weighted by Crippen LogP contribution is -2.07. The molecule has 2 rings (SSSR count). The zero-order valence-corrected chi connectivity index (χ0v) is 12.7. The van der Waals surface area contributed by atoms with Crippen LogP contribution in [0.5, 0.6) is 23.0 Å². The van der Waals surface area contributed by atoms with Crippen molar-refractivity contribution in [3.05, 3.63) is 42.2 Å². The number of rotatable bonds is 6. The number of carbonyl (C=O) groups excluding carboxylic acids is 1. The second-order valence-corrected chi connectivity index (χ2v) is 4.21. The van der Waals surface area contributed by atoms with Gasteiger partial charge in [-0.05, 0) is 19.1 Å². The molecule has 0 fully saturated rings. The lowest BCUT2D eigenvalue weighted by Gasteiger charge is -2.13. The van der Waals surface area contributed by atoms with Crippen molar-refractivity contribution in [1.82, 2.24) is 4.98 Å². The van der Waals surface area contributed by atoms with E-state index in [1.54, 1.807) is 38.3 Å². The number of aromatic nitrogens is 1. The monoisotopic (exact) mass is 303 g/mol. The van der Waals surface area contributed by atoms with Crippen molar-refractivity contribution in [2.24, 2.45) is 0 Å². The Morgan fingerprint density at radius 1 is 1.09 bits per heavy atom. The van der Waals surface area contributed by atoms with Gasteiger partial charge in [0.2, 0.25) is 0 Å². The molecule has 1 heterocycles. The first-order chi connectivity index (χ1) is 10.7. The van der Waals surface area contributed by atoms with Crippen LogP contribution in [0.4, 0.5) is 0 Å². The van der Waals surface area contributed by atoms with Crippen LogP contribution in [0.1, 0.15) is 17.3 Å². The van der Waals surface area contributed by atoms with Crippen molar-refractivity contribution >= 4 is 5.97 Å². The van der Waals surface area contributed by atoms with Crippen molar-refractivity contribution in [3.63, 3.8) is 0 Å². The number of esters is 1. The van der Waals surface area contributed by atoms with E-state index in [4.69, 9.17) is 18.9 Å². The highest BCUT2D eigenvalue weighted by molar-refractivity contribution is 5.92. The smallest absolute Gasteiger partial charge is 0.343 e. The highest BCUT2D eigenvalue weighted by atomic mass is 16.5. The van der Waals surface area contributed by atoms with Gasteiger partial charge in [-0.25, -0.2) is 4.79 Å². The Labute approximate surface area is 128 Å². The van der Waals surface area contributed by atoms with Crippen LogP contribution in [0.2, 0.25) is 0 Å². The van der Waals surface area contributed by atoms with Gasteiger partial charge in [-0.1, -0.05) is 0 Å². The molecule has 0 bridgehead atoms. The summed E-state index contributed by atoms with van der Waals surface area (Å²) in [4.78, 5) is 15.9. The first-order valence-electron chi connectivity index (χ1n) is 6.70. The average Bonchev–Trinajstić information content (AvgIpc) is 2.55. The quantitative estimate of drug-likeness (QED) is 0.764. The van der Waals surface area contributed by atoms with E-state index in [0.717, 1.165) is 0 Å². The van der Waals surface area contributed by atoms with Gasteiger partial charge >= 0.3 is 5.97 Å². The molecule has 6 nitrogen and oxygen atoms in total. The first kappa shape index (κ1) is 15.6. The maximum Gasteiger partial charge on any atom is 0.343 e. The molecular formula is C16H17NO5. The van der Waals surface area contributed by atoms with Crippen LogP contribution >= 0.6 is 0 Å². The van der Waals surface area contributed by atoms with Crippen molar-refractivity contribution in [3.8, 4) is 23.0 Å². The lowest BCUT2D eigenvalue weighted by molar-refractivity contribution is 0.0523. The fourth-order valence-electron chi connectivity index (χ4n) is 1.82. The third-order valence-corrected chi connectivity index (χ3v) is 2.87. The van der Waals surface area contributed by atoms with Gasteiger partial charge in [0.1, 0.15) is 17.1 Å². The first-order valence-corrected chi connectivity index (χ1v) is 6.70. The van der Waals surface area contributed by atoms with E-state index in [1.807, 2.05) is 0 Å². The van der Waals surface area contributed by atoms with Crippen LogP contribution in [-0.4, -0.2) is 31.8 Å². The van der Waals surface area contributed by atoms with Gasteiger partial charge in [-0.3, -0.25) is 4.98 Å². The largest absolute Gasteiger partial charge is 0.497 e. The SMILES string of the molecule is CCOC(=O)c1cnccc1Oc1cc(OC)ccc1OC. The highest BCUT2D eigenvalue weighted by Gasteiger charge is 2.16.